The molecule has 0 radical (unpaired) electrons. The van der Waals surface area contributed by atoms with Gasteiger partial charge in [0, 0.05) is 18.0 Å². The van der Waals surface area contributed by atoms with Crippen LogP contribution in [-0.2, 0) is 4.74 Å². The molecule has 1 aromatic carbocycles. The van der Waals surface area contributed by atoms with Crippen molar-refractivity contribution in [1.82, 2.24) is 20.2 Å². The van der Waals surface area contributed by atoms with Gasteiger partial charge in [-0.1, -0.05) is 0 Å². The van der Waals surface area contributed by atoms with E-state index in [2.05, 4.69) is 25.1 Å². The number of rotatable bonds is 4. The summed E-state index contributed by atoms with van der Waals surface area (Å²) in [6, 6.07) is 8.40. The van der Waals surface area contributed by atoms with Crippen LogP contribution in [0, 0.1) is 0 Å². The molecule has 3 aromatic rings. The summed E-state index contributed by atoms with van der Waals surface area (Å²) >= 11 is 0. The van der Waals surface area contributed by atoms with E-state index >= 15 is 0 Å². The van der Waals surface area contributed by atoms with Crippen molar-refractivity contribution in [3.8, 4) is 17.1 Å². The number of nitrogens with zero attached hydrogens (tertiary/aromatic N) is 4. The van der Waals surface area contributed by atoms with Gasteiger partial charge in [0.25, 0.3) is 0 Å². The summed E-state index contributed by atoms with van der Waals surface area (Å²) in [5, 5.41) is 8.57. The molecule has 0 spiro atoms. The molecular formula is C19H21N5O2. The quantitative estimate of drug-likeness (QED) is 0.779. The number of nitrogens with one attached hydrogen (secondary N) is 1. The Kier molecular flexibility index (Phi) is 3.56. The van der Waals surface area contributed by atoms with Gasteiger partial charge in [-0.3, -0.25) is 5.10 Å². The molecule has 2 fully saturated rings. The monoisotopic (exact) mass is 351 g/mol. The van der Waals surface area contributed by atoms with Crippen LogP contribution in [0.4, 0.5) is 5.82 Å². The van der Waals surface area contributed by atoms with Crippen LogP contribution in [0.2, 0.25) is 0 Å². The summed E-state index contributed by atoms with van der Waals surface area (Å²) in [4.78, 5) is 11.3. The van der Waals surface area contributed by atoms with Crippen LogP contribution in [0.3, 0.4) is 0 Å². The highest BCUT2D eigenvalue weighted by molar-refractivity contribution is 5.93. The van der Waals surface area contributed by atoms with Crippen LogP contribution >= 0.6 is 0 Å². The molecule has 0 aliphatic carbocycles. The van der Waals surface area contributed by atoms with E-state index in [0.29, 0.717) is 12.1 Å². The molecule has 1 unspecified atom stereocenters. The Morgan fingerprint density at radius 1 is 1.27 bits per heavy atom. The van der Waals surface area contributed by atoms with E-state index in [1.54, 1.807) is 6.33 Å². The Balaban J connectivity index is 1.52. The second-order valence-electron chi connectivity index (χ2n) is 7.20. The zero-order chi connectivity index (χ0) is 17.7. The smallest absolute Gasteiger partial charge is 0.133 e. The summed E-state index contributed by atoms with van der Waals surface area (Å²) < 4.78 is 11.5. The largest absolute Gasteiger partial charge is 0.491 e. The third kappa shape index (κ3) is 2.59. The second-order valence-corrected chi connectivity index (χ2v) is 7.20. The van der Waals surface area contributed by atoms with Gasteiger partial charge >= 0.3 is 0 Å². The van der Waals surface area contributed by atoms with Gasteiger partial charge in [0.2, 0.25) is 0 Å². The number of H-pyrrole nitrogens is 1. The fourth-order valence-electron chi connectivity index (χ4n) is 3.85. The molecule has 7 heteroatoms. The summed E-state index contributed by atoms with van der Waals surface area (Å²) in [5.74, 6) is 1.77. The lowest BCUT2D eigenvalue weighted by atomic mass is 10.1. The van der Waals surface area contributed by atoms with Crippen LogP contribution in [0.1, 0.15) is 20.3 Å². The van der Waals surface area contributed by atoms with Gasteiger partial charge in [-0.15, -0.1) is 0 Å². The molecule has 2 bridgehead atoms. The molecule has 7 nitrogen and oxygen atoms in total. The number of morpholine rings is 1. The predicted octanol–water partition coefficient (Wildman–Crippen LogP) is 2.78. The first-order valence-corrected chi connectivity index (χ1v) is 9.03. The van der Waals surface area contributed by atoms with E-state index in [-0.39, 0.29) is 6.10 Å². The van der Waals surface area contributed by atoms with Gasteiger partial charge in [0.1, 0.15) is 23.6 Å². The first-order valence-electron chi connectivity index (χ1n) is 9.03. The Labute approximate surface area is 151 Å². The summed E-state index contributed by atoms with van der Waals surface area (Å²) in [7, 11) is 0. The Morgan fingerprint density at radius 3 is 2.96 bits per heavy atom. The van der Waals surface area contributed by atoms with Gasteiger partial charge in [0.15, 0.2) is 0 Å². The maximum absolute atomic E-state index is 5.82. The van der Waals surface area contributed by atoms with Crippen LogP contribution in [0.5, 0.6) is 5.75 Å². The molecule has 0 amide bonds. The van der Waals surface area contributed by atoms with E-state index in [1.807, 2.05) is 38.1 Å². The summed E-state index contributed by atoms with van der Waals surface area (Å²) in [5.41, 5.74) is 2.59. The van der Waals surface area contributed by atoms with Gasteiger partial charge in [-0.2, -0.15) is 5.10 Å². The van der Waals surface area contributed by atoms with Crippen molar-refractivity contribution in [1.29, 1.82) is 0 Å². The third-order valence-electron chi connectivity index (χ3n) is 5.00. The molecule has 2 atom stereocenters. The molecule has 0 saturated carbocycles. The van der Waals surface area contributed by atoms with E-state index in [9.17, 15) is 0 Å². The number of hydrogen-bond donors (Lipinski definition) is 1. The van der Waals surface area contributed by atoms with Crippen LogP contribution in [0.15, 0.2) is 30.6 Å². The standard InChI is InChI=1S/C19H21N5O2/c1-11(2)26-13-3-4-16-15(6-13)19(23-22-16)17-7-18(21-10-20-17)24-8-14-5-12(24)9-25-14/h3-4,6-7,10-12,14H,5,8-9H2,1-2H3,(H,22,23)/t12-,14?/m0/s1. The highest BCUT2D eigenvalue weighted by atomic mass is 16.5. The normalized spacial score (nSPS) is 21.9. The number of aromatic amines is 1. The first kappa shape index (κ1) is 15.6. The minimum Gasteiger partial charge on any atom is -0.491 e. The molecule has 2 aliphatic rings. The van der Waals surface area contributed by atoms with Crippen LogP contribution in [-0.4, -0.2) is 51.6 Å². The van der Waals surface area contributed by atoms with E-state index in [4.69, 9.17) is 9.47 Å². The van der Waals surface area contributed by atoms with Gasteiger partial charge in [-0.05, 0) is 38.5 Å². The number of aromatic nitrogens is 4. The van der Waals surface area contributed by atoms with Crippen molar-refractivity contribution in [3.63, 3.8) is 0 Å². The number of fused-ring (bicyclic) bond motifs is 3. The van der Waals surface area contributed by atoms with Crippen molar-refractivity contribution in [2.75, 3.05) is 18.1 Å². The molecule has 4 heterocycles. The number of hydrogen-bond acceptors (Lipinski definition) is 6. The molecule has 1 N–H and O–H groups in total. The third-order valence-corrected chi connectivity index (χ3v) is 5.00. The lowest BCUT2D eigenvalue weighted by Crippen LogP contribution is -2.37. The molecule has 5 rings (SSSR count). The SMILES string of the molecule is CC(C)Oc1ccc2[nH]nc(-c3cc(N4CC5C[C@H]4CO5)ncn3)c2c1. The van der Waals surface area contributed by atoms with Gasteiger partial charge < -0.3 is 14.4 Å². The number of anilines is 1. The fraction of sp³-hybridized carbons (Fsp3) is 0.421. The molecule has 2 aliphatic heterocycles. The molecule has 2 aromatic heterocycles. The van der Waals surface area contributed by atoms with Crippen molar-refractivity contribution in [2.24, 2.45) is 0 Å². The van der Waals surface area contributed by atoms with E-state index in [1.165, 1.54) is 0 Å². The summed E-state index contributed by atoms with van der Waals surface area (Å²) in [6.07, 6.45) is 3.16. The average molecular weight is 351 g/mol. The Bertz CT molecular complexity index is 954. The van der Waals surface area contributed by atoms with Crippen LogP contribution < -0.4 is 9.64 Å². The van der Waals surface area contributed by atoms with E-state index < -0.39 is 0 Å². The Hall–Kier alpha value is -2.67. The minimum absolute atomic E-state index is 0.126. The molecule has 2 saturated heterocycles. The molecular weight excluding hydrogens is 330 g/mol. The molecule has 26 heavy (non-hydrogen) atoms. The number of ether oxygens (including phenoxy) is 2. The van der Waals surface area contributed by atoms with Gasteiger partial charge in [-0.25, -0.2) is 9.97 Å². The lowest BCUT2D eigenvalue weighted by Gasteiger charge is -2.27. The zero-order valence-electron chi connectivity index (χ0n) is 14.8. The average Bonchev–Trinajstić information content (AvgIpc) is 3.36. The first-order chi connectivity index (χ1) is 12.7. The highest BCUT2D eigenvalue weighted by Gasteiger charge is 2.39. The topological polar surface area (TPSA) is 76.2 Å². The molecule has 134 valence electrons. The van der Waals surface area contributed by atoms with Crippen molar-refractivity contribution in [2.45, 2.75) is 38.5 Å². The maximum Gasteiger partial charge on any atom is 0.133 e. The highest BCUT2D eigenvalue weighted by Crippen LogP contribution is 2.34. The Morgan fingerprint density at radius 2 is 2.19 bits per heavy atom. The van der Waals surface area contributed by atoms with Gasteiger partial charge in [0.05, 0.1) is 36.1 Å². The van der Waals surface area contributed by atoms with Crippen molar-refractivity contribution < 1.29 is 9.47 Å². The summed E-state index contributed by atoms with van der Waals surface area (Å²) in [6.45, 7) is 5.72. The van der Waals surface area contributed by atoms with Crippen molar-refractivity contribution >= 4 is 16.7 Å². The van der Waals surface area contributed by atoms with Crippen molar-refractivity contribution in [3.05, 3.63) is 30.6 Å². The predicted molar refractivity (Wildman–Crippen MR) is 98.4 cm³/mol. The van der Waals surface area contributed by atoms with Crippen LogP contribution in [0.25, 0.3) is 22.3 Å². The zero-order valence-corrected chi connectivity index (χ0v) is 14.8. The lowest BCUT2D eigenvalue weighted by molar-refractivity contribution is 0.0989. The second kappa shape index (κ2) is 5.95. The minimum atomic E-state index is 0.126. The van der Waals surface area contributed by atoms with E-state index in [0.717, 1.165) is 53.4 Å². The fourth-order valence-corrected chi connectivity index (χ4v) is 3.85. The number of benzene rings is 1. The maximum atomic E-state index is 5.82.